The molecule has 1 rings (SSSR count). The Morgan fingerprint density at radius 3 is 2.45 bits per heavy atom. The summed E-state index contributed by atoms with van der Waals surface area (Å²) in [6.45, 7) is 3.35. The molecule has 0 aliphatic carbocycles. The molecule has 0 saturated carbocycles. The van der Waals surface area contributed by atoms with Gasteiger partial charge >= 0.3 is 0 Å². The van der Waals surface area contributed by atoms with Crippen LogP contribution in [0, 0.1) is 0 Å². The van der Waals surface area contributed by atoms with Crippen molar-refractivity contribution in [3.63, 3.8) is 0 Å². The Bertz CT molecular complexity index is 258. The first kappa shape index (κ1) is 8.07. The van der Waals surface area contributed by atoms with E-state index in [2.05, 4.69) is 16.5 Å². The van der Waals surface area contributed by atoms with E-state index in [0.717, 1.165) is 0 Å². The second-order valence-electron chi connectivity index (χ2n) is 1.91. The van der Waals surface area contributed by atoms with Crippen LogP contribution in [0.25, 0.3) is 5.76 Å². The van der Waals surface area contributed by atoms with E-state index in [0.29, 0.717) is 10.7 Å². The van der Waals surface area contributed by atoms with Crippen LogP contribution in [0.3, 0.4) is 0 Å². The summed E-state index contributed by atoms with van der Waals surface area (Å²) in [6, 6.07) is 0. The van der Waals surface area contributed by atoms with Gasteiger partial charge in [0.1, 0.15) is 5.76 Å². The number of aliphatic hydroxyl groups is 1. The van der Waals surface area contributed by atoms with Gasteiger partial charge in [-0.05, 0) is 6.26 Å². The van der Waals surface area contributed by atoms with Crippen molar-refractivity contribution in [1.82, 2.24) is 9.97 Å². The number of aliphatic hydroxyl groups excluding tert-OH is 1. The van der Waals surface area contributed by atoms with Crippen molar-refractivity contribution in [3.8, 4) is 0 Å². The fraction of sp³-hybridized carbons (Fsp3) is 0.143. The van der Waals surface area contributed by atoms with Gasteiger partial charge in [0.05, 0.1) is 5.56 Å². The molecule has 0 fully saturated rings. The summed E-state index contributed by atoms with van der Waals surface area (Å²) in [4.78, 5) is 7.90. The first-order chi connectivity index (χ1) is 5.24. The largest absolute Gasteiger partial charge is 0.508 e. The molecule has 0 aromatic carbocycles. The normalized spacial score (nSPS) is 9.55. The lowest BCUT2D eigenvalue weighted by molar-refractivity contribution is 0.512. The first-order valence-electron chi connectivity index (χ1n) is 2.98. The lowest BCUT2D eigenvalue weighted by Gasteiger charge is -1.96. The topological polar surface area (TPSA) is 46.0 Å². The summed E-state index contributed by atoms with van der Waals surface area (Å²) in [5.41, 5.74) is 0.558. The molecular weight excluding hydrogens is 160 g/mol. The van der Waals surface area contributed by atoms with Crippen molar-refractivity contribution in [3.05, 3.63) is 24.5 Å². The van der Waals surface area contributed by atoms with Gasteiger partial charge in [-0.15, -0.1) is 0 Å². The van der Waals surface area contributed by atoms with Crippen LogP contribution in [-0.4, -0.2) is 21.3 Å². The zero-order valence-corrected chi connectivity index (χ0v) is 6.93. The van der Waals surface area contributed by atoms with Gasteiger partial charge in [-0.2, -0.15) is 0 Å². The molecule has 0 bridgehead atoms. The minimum atomic E-state index is -0.00217. The molecular formula is C7H8N2OS. The Labute approximate surface area is 69.2 Å². The maximum Gasteiger partial charge on any atom is 0.187 e. The number of rotatable bonds is 2. The second kappa shape index (κ2) is 3.39. The molecule has 0 atom stereocenters. The second-order valence-corrected chi connectivity index (χ2v) is 2.68. The standard InChI is InChI=1S/C7H8N2OS/c1-5(10)6-3-8-7(11-2)9-4-6/h3-4,10H,1H2,2H3. The summed E-state index contributed by atoms with van der Waals surface area (Å²) in [5.74, 6) is -0.00217. The first-order valence-corrected chi connectivity index (χ1v) is 4.21. The average molecular weight is 168 g/mol. The van der Waals surface area contributed by atoms with E-state index < -0.39 is 0 Å². The fourth-order valence-corrected chi connectivity index (χ4v) is 0.887. The summed E-state index contributed by atoms with van der Waals surface area (Å²) in [5, 5.41) is 9.60. The van der Waals surface area contributed by atoms with Gasteiger partial charge < -0.3 is 5.11 Å². The van der Waals surface area contributed by atoms with Gasteiger partial charge in [0.25, 0.3) is 0 Å². The number of aromatic nitrogens is 2. The van der Waals surface area contributed by atoms with E-state index in [-0.39, 0.29) is 5.76 Å². The van der Waals surface area contributed by atoms with Crippen LogP contribution in [0.15, 0.2) is 24.1 Å². The highest BCUT2D eigenvalue weighted by atomic mass is 32.2. The smallest absolute Gasteiger partial charge is 0.187 e. The zero-order chi connectivity index (χ0) is 8.27. The molecule has 1 N–H and O–H groups in total. The zero-order valence-electron chi connectivity index (χ0n) is 6.11. The van der Waals surface area contributed by atoms with Crippen molar-refractivity contribution in [2.24, 2.45) is 0 Å². The molecule has 0 saturated heterocycles. The van der Waals surface area contributed by atoms with Crippen molar-refractivity contribution >= 4 is 17.5 Å². The minimum absolute atomic E-state index is 0.00217. The Kier molecular flexibility index (Phi) is 2.48. The van der Waals surface area contributed by atoms with Crippen LogP contribution in [0.4, 0.5) is 0 Å². The van der Waals surface area contributed by atoms with Crippen molar-refractivity contribution in [2.75, 3.05) is 6.26 Å². The number of hydrogen-bond acceptors (Lipinski definition) is 4. The molecule has 0 radical (unpaired) electrons. The Morgan fingerprint density at radius 2 is 2.09 bits per heavy atom. The minimum Gasteiger partial charge on any atom is -0.508 e. The van der Waals surface area contributed by atoms with E-state index in [1.807, 2.05) is 6.26 Å². The van der Waals surface area contributed by atoms with Gasteiger partial charge in [0.15, 0.2) is 5.16 Å². The van der Waals surface area contributed by atoms with Crippen LogP contribution in [0.5, 0.6) is 0 Å². The molecule has 0 spiro atoms. The van der Waals surface area contributed by atoms with Crippen LogP contribution in [-0.2, 0) is 0 Å². The molecule has 11 heavy (non-hydrogen) atoms. The average Bonchev–Trinajstić information content (AvgIpc) is 2.05. The predicted octanol–water partition coefficient (Wildman–Crippen LogP) is 1.73. The third-order valence-corrected chi connectivity index (χ3v) is 1.72. The Hall–Kier alpha value is -1.03. The maximum atomic E-state index is 8.91. The Morgan fingerprint density at radius 1 is 1.55 bits per heavy atom. The van der Waals surface area contributed by atoms with Gasteiger partial charge in [0.2, 0.25) is 0 Å². The van der Waals surface area contributed by atoms with Gasteiger partial charge in [-0.25, -0.2) is 9.97 Å². The third-order valence-electron chi connectivity index (χ3n) is 1.14. The van der Waals surface area contributed by atoms with Crippen LogP contribution in [0.1, 0.15) is 5.56 Å². The molecule has 1 heterocycles. The highest BCUT2D eigenvalue weighted by Gasteiger charge is 1.97. The summed E-state index contributed by atoms with van der Waals surface area (Å²) < 4.78 is 0. The van der Waals surface area contributed by atoms with Crippen LogP contribution in [0.2, 0.25) is 0 Å². The molecule has 3 nitrogen and oxygen atoms in total. The summed E-state index contributed by atoms with van der Waals surface area (Å²) in [6.07, 6.45) is 4.98. The lowest BCUT2D eigenvalue weighted by atomic mass is 10.3. The quantitative estimate of drug-likeness (QED) is 0.415. The van der Waals surface area contributed by atoms with Crippen molar-refractivity contribution < 1.29 is 5.11 Å². The molecule has 0 aliphatic heterocycles. The van der Waals surface area contributed by atoms with Crippen LogP contribution < -0.4 is 0 Å². The van der Waals surface area contributed by atoms with E-state index in [1.165, 1.54) is 11.8 Å². The third kappa shape index (κ3) is 1.94. The molecule has 1 aromatic heterocycles. The maximum absolute atomic E-state index is 8.91. The SMILES string of the molecule is C=C(O)c1cnc(SC)nc1. The van der Waals surface area contributed by atoms with Crippen molar-refractivity contribution in [2.45, 2.75) is 5.16 Å². The molecule has 1 aromatic rings. The molecule has 0 amide bonds. The number of hydrogen-bond donors (Lipinski definition) is 1. The van der Waals surface area contributed by atoms with E-state index >= 15 is 0 Å². The van der Waals surface area contributed by atoms with E-state index in [1.54, 1.807) is 12.4 Å². The van der Waals surface area contributed by atoms with Gasteiger partial charge in [-0.1, -0.05) is 18.3 Å². The number of nitrogens with zero attached hydrogens (tertiary/aromatic N) is 2. The molecule has 58 valence electrons. The van der Waals surface area contributed by atoms with Gasteiger partial charge in [0, 0.05) is 12.4 Å². The lowest BCUT2D eigenvalue weighted by Crippen LogP contribution is -1.88. The van der Waals surface area contributed by atoms with Gasteiger partial charge in [-0.3, -0.25) is 0 Å². The summed E-state index contributed by atoms with van der Waals surface area (Å²) >= 11 is 1.46. The Balaban J connectivity index is 2.91. The highest BCUT2D eigenvalue weighted by molar-refractivity contribution is 7.98. The van der Waals surface area contributed by atoms with Crippen LogP contribution >= 0.6 is 11.8 Å². The highest BCUT2D eigenvalue weighted by Crippen LogP contribution is 2.10. The fourth-order valence-electron chi connectivity index (χ4n) is 0.571. The van der Waals surface area contributed by atoms with E-state index in [4.69, 9.17) is 5.11 Å². The van der Waals surface area contributed by atoms with E-state index in [9.17, 15) is 0 Å². The molecule has 0 aliphatic rings. The molecule has 4 heteroatoms. The number of thioether (sulfide) groups is 1. The molecule has 0 unspecified atom stereocenters. The monoisotopic (exact) mass is 168 g/mol. The predicted molar refractivity (Wildman–Crippen MR) is 45.5 cm³/mol. The summed E-state index contributed by atoms with van der Waals surface area (Å²) in [7, 11) is 0. The van der Waals surface area contributed by atoms with Crippen molar-refractivity contribution in [1.29, 1.82) is 0 Å².